The number of carboxylic acids is 2. The molecule has 3 rings (SSSR count). The number of aromatic nitrogens is 1. The number of rotatable bonds is 7. The van der Waals surface area contributed by atoms with Crippen molar-refractivity contribution in [2.75, 3.05) is 12.3 Å². The molecule has 2 aliphatic heterocycles. The van der Waals surface area contributed by atoms with Gasteiger partial charge in [-0.15, -0.1) is 23.1 Å². The first-order valence-electron chi connectivity index (χ1n) is 8.22. The van der Waals surface area contributed by atoms with Gasteiger partial charge in [-0.25, -0.2) is 9.78 Å². The van der Waals surface area contributed by atoms with Crippen LogP contribution in [-0.4, -0.2) is 78.4 Å². The summed E-state index contributed by atoms with van der Waals surface area (Å²) in [7, 11) is 0. The molecule has 2 saturated heterocycles. The second kappa shape index (κ2) is 7.51. The van der Waals surface area contributed by atoms with Crippen molar-refractivity contribution in [3.05, 3.63) is 11.1 Å². The van der Waals surface area contributed by atoms with E-state index in [2.05, 4.69) is 15.5 Å². The standard InChI is InChI=1S/C15H17N5O7S2/c1-15(2,13(25)26)27-19-7(5-4-28-14(16)17-5)9(21)18-8-10(22)20-3-6(12(23)24)29-11(8)20/h4,6,8,11H,3H2,1-2H3,(H2,16,17)(H,18,21)(H,23,24)(H,25,26)/b19-7-. The van der Waals surface area contributed by atoms with Crippen molar-refractivity contribution in [2.24, 2.45) is 5.16 Å². The number of carboxylic acid groups (broad SMARTS) is 2. The number of nitrogens with one attached hydrogen (secondary N) is 1. The Bertz CT molecular complexity index is 915. The predicted octanol–water partition coefficient (Wildman–Crippen LogP) is -0.838. The fraction of sp³-hybridized carbons (Fsp3) is 0.467. The van der Waals surface area contributed by atoms with Crippen molar-refractivity contribution >= 4 is 57.7 Å². The molecule has 156 valence electrons. The molecule has 3 unspecified atom stereocenters. The molecule has 0 spiro atoms. The van der Waals surface area contributed by atoms with Gasteiger partial charge in [0.1, 0.15) is 22.4 Å². The number of nitrogens with two attached hydrogens (primary N) is 1. The summed E-state index contributed by atoms with van der Waals surface area (Å²) >= 11 is 2.10. The lowest BCUT2D eigenvalue weighted by Gasteiger charge is -2.41. The molecular weight excluding hydrogens is 426 g/mol. The van der Waals surface area contributed by atoms with Gasteiger partial charge in [-0.2, -0.15) is 0 Å². The van der Waals surface area contributed by atoms with E-state index in [0.29, 0.717) is 0 Å². The van der Waals surface area contributed by atoms with E-state index >= 15 is 0 Å². The van der Waals surface area contributed by atoms with E-state index < -0.39 is 46.0 Å². The van der Waals surface area contributed by atoms with Gasteiger partial charge in [0.2, 0.25) is 11.5 Å². The number of aliphatic carboxylic acids is 2. The Labute approximate surface area is 172 Å². The lowest BCUT2D eigenvalue weighted by atomic mass is 10.1. The molecule has 0 bridgehead atoms. The number of carbonyl (C=O) groups excluding carboxylic acids is 2. The third-order valence-electron chi connectivity index (χ3n) is 4.23. The maximum absolute atomic E-state index is 12.8. The minimum atomic E-state index is -1.72. The van der Waals surface area contributed by atoms with E-state index in [0.717, 1.165) is 23.1 Å². The number of oxime groups is 1. The molecule has 12 nitrogen and oxygen atoms in total. The zero-order valence-corrected chi connectivity index (χ0v) is 16.8. The number of amides is 2. The van der Waals surface area contributed by atoms with Crippen molar-refractivity contribution in [1.82, 2.24) is 15.2 Å². The lowest BCUT2D eigenvalue weighted by Crippen LogP contribution is -2.67. The van der Waals surface area contributed by atoms with Crippen LogP contribution in [-0.2, 0) is 24.0 Å². The molecule has 1 aromatic heterocycles. The molecule has 0 aromatic carbocycles. The first-order valence-corrected chi connectivity index (χ1v) is 10.0. The van der Waals surface area contributed by atoms with Crippen molar-refractivity contribution in [1.29, 1.82) is 0 Å². The number of nitrogens with zero attached hydrogens (tertiary/aromatic N) is 3. The van der Waals surface area contributed by atoms with Crippen LogP contribution in [0.15, 0.2) is 10.5 Å². The van der Waals surface area contributed by atoms with E-state index in [9.17, 15) is 19.2 Å². The Morgan fingerprint density at radius 3 is 2.66 bits per heavy atom. The van der Waals surface area contributed by atoms with Gasteiger partial charge in [0.25, 0.3) is 5.91 Å². The molecule has 0 radical (unpaired) electrons. The average Bonchev–Trinajstić information content (AvgIpc) is 3.24. The van der Waals surface area contributed by atoms with Gasteiger partial charge < -0.3 is 31.0 Å². The summed E-state index contributed by atoms with van der Waals surface area (Å²) in [5.41, 5.74) is 3.57. The quantitative estimate of drug-likeness (QED) is 0.235. The number of anilines is 1. The topological polar surface area (TPSA) is 185 Å². The van der Waals surface area contributed by atoms with E-state index in [1.54, 1.807) is 0 Å². The van der Waals surface area contributed by atoms with Crippen molar-refractivity contribution in [2.45, 2.75) is 36.1 Å². The van der Waals surface area contributed by atoms with Gasteiger partial charge in [0.15, 0.2) is 10.8 Å². The molecule has 1 aromatic rings. The Kier molecular flexibility index (Phi) is 5.40. The highest BCUT2D eigenvalue weighted by molar-refractivity contribution is 8.01. The molecule has 0 saturated carbocycles. The number of thiazole rings is 1. The number of carbonyl (C=O) groups is 4. The molecule has 3 atom stereocenters. The van der Waals surface area contributed by atoms with Crippen LogP contribution in [0.25, 0.3) is 0 Å². The van der Waals surface area contributed by atoms with Crippen LogP contribution < -0.4 is 11.1 Å². The third kappa shape index (κ3) is 3.98. The number of hydrogen-bond donors (Lipinski definition) is 4. The smallest absolute Gasteiger partial charge is 0.350 e. The monoisotopic (exact) mass is 443 g/mol. The van der Waals surface area contributed by atoms with Crippen LogP contribution in [0.3, 0.4) is 0 Å². The predicted molar refractivity (Wildman–Crippen MR) is 102 cm³/mol. The van der Waals surface area contributed by atoms with Gasteiger partial charge in [0.05, 0.1) is 0 Å². The molecule has 29 heavy (non-hydrogen) atoms. The van der Waals surface area contributed by atoms with Gasteiger partial charge in [-0.05, 0) is 13.8 Å². The van der Waals surface area contributed by atoms with E-state index in [1.807, 2.05) is 0 Å². The SMILES string of the molecule is CC(C)(O/N=C(\C(=O)NC1C(=O)N2CC(C(=O)O)SC12)c1csc(N)n1)C(=O)O. The number of hydrogen-bond acceptors (Lipinski definition) is 10. The van der Waals surface area contributed by atoms with Crippen LogP contribution in [0.1, 0.15) is 19.5 Å². The Morgan fingerprint density at radius 1 is 1.41 bits per heavy atom. The number of thioether (sulfide) groups is 1. The normalized spacial score (nSPS) is 23.9. The molecular formula is C15H17N5O7S2. The van der Waals surface area contributed by atoms with Crippen LogP contribution in [0.2, 0.25) is 0 Å². The molecule has 5 N–H and O–H groups in total. The highest BCUT2D eigenvalue weighted by atomic mass is 32.2. The largest absolute Gasteiger partial charge is 0.480 e. The van der Waals surface area contributed by atoms with Crippen molar-refractivity contribution in [3.8, 4) is 0 Å². The van der Waals surface area contributed by atoms with E-state index in [4.69, 9.17) is 20.8 Å². The van der Waals surface area contributed by atoms with Crippen molar-refractivity contribution < 1.29 is 34.2 Å². The maximum atomic E-state index is 12.8. The van der Waals surface area contributed by atoms with E-state index in [-0.39, 0.29) is 23.1 Å². The highest BCUT2D eigenvalue weighted by Crippen LogP contribution is 2.40. The maximum Gasteiger partial charge on any atom is 0.350 e. The summed E-state index contributed by atoms with van der Waals surface area (Å²) in [6, 6.07) is -0.939. The molecule has 2 fully saturated rings. The Morgan fingerprint density at radius 2 is 2.10 bits per heavy atom. The van der Waals surface area contributed by atoms with Crippen molar-refractivity contribution in [3.63, 3.8) is 0 Å². The summed E-state index contributed by atoms with van der Waals surface area (Å²) < 4.78 is 0. The van der Waals surface area contributed by atoms with Gasteiger partial charge in [-0.3, -0.25) is 14.4 Å². The number of nitrogen functional groups attached to an aromatic ring is 1. The van der Waals surface area contributed by atoms with Gasteiger partial charge in [0, 0.05) is 11.9 Å². The zero-order valence-electron chi connectivity index (χ0n) is 15.2. The zero-order chi connectivity index (χ0) is 21.5. The average molecular weight is 443 g/mol. The summed E-state index contributed by atoms with van der Waals surface area (Å²) in [6.45, 7) is 2.56. The molecule has 14 heteroatoms. The molecule has 0 aliphatic carbocycles. The first kappa shape index (κ1) is 20.9. The highest BCUT2D eigenvalue weighted by Gasteiger charge is 2.55. The lowest BCUT2D eigenvalue weighted by molar-refractivity contribution is -0.161. The van der Waals surface area contributed by atoms with Gasteiger partial charge in [-0.1, -0.05) is 5.16 Å². The van der Waals surface area contributed by atoms with Crippen LogP contribution >= 0.6 is 23.1 Å². The summed E-state index contributed by atoms with van der Waals surface area (Å²) in [5.74, 6) is -3.57. The molecule has 3 heterocycles. The summed E-state index contributed by atoms with van der Waals surface area (Å²) in [6.07, 6.45) is 0. The Balaban J connectivity index is 1.78. The van der Waals surface area contributed by atoms with Crippen LogP contribution in [0, 0.1) is 0 Å². The molecule has 2 amide bonds. The van der Waals surface area contributed by atoms with Crippen LogP contribution in [0.5, 0.6) is 0 Å². The summed E-state index contributed by atoms with van der Waals surface area (Å²) in [5, 5.41) is 24.7. The fourth-order valence-corrected chi connectivity index (χ4v) is 4.46. The fourth-order valence-electron chi connectivity index (χ4n) is 2.54. The number of fused-ring (bicyclic) bond motifs is 1. The number of β-lactam (4-membered cyclic amide) rings is 1. The Hall–Kier alpha value is -2.87. The second-order valence-corrected chi connectivity index (χ2v) is 8.93. The van der Waals surface area contributed by atoms with Crippen LogP contribution in [0.4, 0.5) is 5.13 Å². The van der Waals surface area contributed by atoms with Gasteiger partial charge >= 0.3 is 11.9 Å². The third-order valence-corrected chi connectivity index (χ3v) is 6.39. The minimum Gasteiger partial charge on any atom is -0.480 e. The molecule has 2 aliphatic rings. The minimum absolute atomic E-state index is 0.0531. The second-order valence-electron chi connectivity index (χ2n) is 6.71. The summed E-state index contributed by atoms with van der Waals surface area (Å²) in [4.78, 5) is 57.7. The first-order chi connectivity index (χ1) is 13.5. The van der Waals surface area contributed by atoms with E-state index in [1.165, 1.54) is 24.1 Å².